The molecule has 1 heterocycles. The Bertz CT molecular complexity index is 1020. The number of hydrogen-bond acceptors (Lipinski definition) is 2. The van der Waals surface area contributed by atoms with Crippen molar-refractivity contribution < 1.29 is 0 Å². The maximum Gasteiger partial charge on any atom is 0.0995 e. The molecule has 122 valence electrons. The third kappa shape index (κ3) is 2.44. The first kappa shape index (κ1) is 14.7. The molecule has 1 saturated carbocycles. The minimum atomic E-state index is 0.545. The van der Waals surface area contributed by atoms with Gasteiger partial charge in [0.25, 0.3) is 0 Å². The van der Waals surface area contributed by atoms with E-state index in [4.69, 9.17) is 0 Å². The second-order valence-corrected chi connectivity index (χ2v) is 7.23. The van der Waals surface area contributed by atoms with Crippen LogP contribution in [0.2, 0.25) is 0 Å². The van der Waals surface area contributed by atoms with Crippen LogP contribution in [0.3, 0.4) is 0 Å². The van der Waals surface area contributed by atoms with Gasteiger partial charge in [-0.05, 0) is 82.4 Å². The highest BCUT2D eigenvalue weighted by Gasteiger charge is 2.30. The third-order valence-electron chi connectivity index (χ3n) is 5.58. The molecule has 0 saturated heterocycles. The zero-order chi connectivity index (χ0) is 16.8. The van der Waals surface area contributed by atoms with Crippen LogP contribution in [0.25, 0.3) is 21.9 Å². The zero-order valence-corrected chi connectivity index (χ0v) is 14.2. The zero-order valence-electron chi connectivity index (χ0n) is 14.2. The van der Waals surface area contributed by atoms with Gasteiger partial charge in [0.2, 0.25) is 0 Å². The molecule has 2 heteroatoms. The van der Waals surface area contributed by atoms with E-state index in [9.17, 15) is 5.26 Å². The first-order chi connectivity index (χ1) is 12.3. The van der Waals surface area contributed by atoms with E-state index in [1.807, 2.05) is 0 Å². The molecule has 0 aromatic heterocycles. The molecule has 2 aliphatic rings. The fourth-order valence-corrected chi connectivity index (χ4v) is 4.20. The van der Waals surface area contributed by atoms with Crippen LogP contribution in [0, 0.1) is 11.3 Å². The number of fused-ring (bicyclic) bond motifs is 2. The summed E-state index contributed by atoms with van der Waals surface area (Å²) in [4.78, 5) is 0. The van der Waals surface area contributed by atoms with Crippen molar-refractivity contribution in [3.8, 4) is 17.2 Å². The van der Waals surface area contributed by atoms with Crippen molar-refractivity contribution in [3.63, 3.8) is 0 Å². The highest BCUT2D eigenvalue weighted by Crippen LogP contribution is 2.48. The largest absolute Gasteiger partial charge is 0.312 e. The molecule has 0 atom stereocenters. The normalized spacial score (nSPS) is 16.4. The summed E-state index contributed by atoms with van der Waals surface area (Å²) in [6.07, 6.45) is 3.50. The summed E-state index contributed by atoms with van der Waals surface area (Å²) in [5, 5.41) is 15.7. The average Bonchev–Trinajstić information content (AvgIpc) is 3.51. The van der Waals surface area contributed by atoms with E-state index in [0.717, 1.165) is 30.5 Å². The van der Waals surface area contributed by atoms with E-state index in [-0.39, 0.29) is 0 Å². The molecule has 3 aromatic rings. The third-order valence-corrected chi connectivity index (χ3v) is 5.58. The van der Waals surface area contributed by atoms with Gasteiger partial charge in [0.1, 0.15) is 0 Å². The van der Waals surface area contributed by atoms with Crippen LogP contribution in [0.1, 0.15) is 41.0 Å². The number of nitriles is 1. The summed E-state index contributed by atoms with van der Waals surface area (Å²) in [6, 6.07) is 19.9. The maximum atomic E-state index is 9.76. The van der Waals surface area contributed by atoms with Gasteiger partial charge in [-0.25, -0.2) is 0 Å². The first-order valence-corrected chi connectivity index (χ1v) is 9.14. The van der Waals surface area contributed by atoms with Gasteiger partial charge in [0.05, 0.1) is 11.6 Å². The predicted octanol–water partition coefficient (Wildman–Crippen LogP) is 4.90. The summed E-state index contributed by atoms with van der Waals surface area (Å²) < 4.78 is 0. The summed E-state index contributed by atoms with van der Waals surface area (Å²) in [5.74, 6) is 0.545. The van der Waals surface area contributed by atoms with Crippen molar-refractivity contribution in [1.82, 2.24) is 5.32 Å². The SMILES string of the molecule is N#Cc1cc2ccccc2c(-c2ccc3c(c2)CNCC3)c1C1CC1. The number of benzene rings is 3. The molecule has 0 radical (unpaired) electrons. The van der Waals surface area contributed by atoms with Crippen LogP contribution in [-0.4, -0.2) is 6.54 Å². The Balaban J connectivity index is 1.82. The van der Waals surface area contributed by atoms with Crippen molar-refractivity contribution in [3.05, 3.63) is 70.8 Å². The first-order valence-electron chi connectivity index (χ1n) is 9.14. The standard InChI is InChI=1S/C23H20N2/c24-13-19-11-17-3-1-2-4-21(17)23(22(19)16-6-7-16)18-8-5-15-9-10-25-14-20(15)12-18/h1-5,8,11-12,16,25H,6-7,9-10,14H2. The average molecular weight is 324 g/mol. The molecular weight excluding hydrogens is 304 g/mol. The second kappa shape index (κ2) is 5.72. The number of nitrogens with zero attached hydrogens (tertiary/aromatic N) is 1. The molecule has 2 nitrogen and oxygen atoms in total. The Morgan fingerprint density at radius 1 is 1.00 bits per heavy atom. The van der Waals surface area contributed by atoms with Crippen LogP contribution in [-0.2, 0) is 13.0 Å². The van der Waals surface area contributed by atoms with E-state index in [1.54, 1.807) is 0 Å². The topological polar surface area (TPSA) is 35.8 Å². The van der Waals surface area contributed by atoms with Gasteiger partial charge < -0.3 is 5.32 Å². The molecule has 1 fully saturated rings. The van der Waals surface area contributed by atoms with Gasteiger partial charge in [0, 0.05) is 6.54 Å². The predicted molar refractivity (Wildman–Crippen MR) is 101 cm³/mol. The minimum absolute atomic E-state index is 0.545. The highest BCUT2D eigenvalue weighted by atomic mass is 14.9. The van der Waals surface area contributed by atoms with Gasteiger partial charge in [-0.3, -0.25) is 0 Å². The van der Waals surface area contributed by atoms with Gasteiger partial charge in [-0.15, -0.1) is 0 Å². The van der Waals surface area contributed by atoms with Crippen molar-refractivity contribution >= 4 is 10.8 Å². The number of hydrogen-bond donors (Lipinski definition) is 1. The molecule has 1 N–H and O–H groups in total. The van der Waals surface area contributed by atoms with E-state index in [2.05, 4.69) is 59.9 Å². The molecule has 25 heavy (non-hydrogen) atoms. The molecule has 0 unspecified atom stereocenters. The van der Waals surface area contributed by atoms with Crippen LogP contribution in [0.4, 0.5) is 0 Å². The van der Waals surface area contributed by atoms with Crippen LogP contribution in [0.15, 0.2) is 48.5 Å². The van der Waals surface area contributed by atoms with E-state index in [1.165, 1.54) is 46.0 Å². The number of rotatable bonds is 2. The van der Waals surface area contributed by atoms with Gasteiger partial charge in [-0.1, -0.05) is 36.4 Å². The Labute approximate surface area is 148 Å². The van der Waals surface area contributed by atoms with Crippen molar-refractivity contribution in [1.29, 1.82) is 5.26 Å². The van der Waals surface area contributed by atoms with Crippen molar-refractivity contribution in [2.75, 3.05) is 6.54 Å². The van der Waals surface area contributed by atoms with E-state index in [0.29, 0.717) is 5.92 Å². The lowest BCUT2D eigenvalue weighted by Gasteiger charge is -2.20. The molecule has 1 aliphatic heterocycles. The number of nitrogens with one attached hydrogen (secondary N) is 1. The Kier molecular flexibility index (Phi) is 3.36. The lowest BCUT2D eigenvalue weighted by Crippen LogP contribution is -2.23. The summed E-state index contributed by atoms with van der Waals surface area (Å²) in [5.41, 5.74) is 7.52. The smallest absolute Gasteiger partial charge is 0.0995 e. The van der Waals surface area contributed by atoms with Gasteiger partial charge >= 0.3 is 0 Å². The fraction of sp³-hybridized carbons (Fsp3) is 0.261. The Hall–Kier alpha value is -2.63. The lowest BCUT2D eigenvalue weighted by molar-refractivity contribution is 0.644. The van der Waals surface area contributed by atoms with Crippen LogP contribution >= 0.6 is 0 Å². The van der Waals surface area contributed by atoms with Crippen LogP contribution < -0.4 is 5.32 Å². The molecule has 0 spiro atoms. The van der Waals surface area contributed by atoms with E-state index >= 15 is 0 Å². The molecule has 3 aromatic carbocycles. The van der Waals surface area contributed by atoms with E-state index < -0.39 is 0 Å². The quantitative estimate of drug-likeness (QED) is 0.727. The molecule has 0 bridgehead atoms. The van der Waals surface area contributed by atoms with Crippen molar-refractivity contribution in [2.24, 2.45) is 0 Å². The summed E-state index contributed by atoms with van der Waals surface area (Å²) in [7, 11) is 0. The second-order valence-electron chi connectivity index (χ2n) is 7.23. The lowest BCUT2D eigenvalue weighted by atomic mass is 9.86. The van der Waals surface area contributed by atoms with Crippen molar-refractivity contribution in [2.45, 2.75) is 31.7 Å². The summed E-state index contributed by atoms with van der Waals surface area (Å²) in [6.45, 7) is 2.00. The Morgan fingerprint density at radius 3 is 2.72 bits per heavy atom. The molecule has 5 rings (SSSR count). The fourth-order valence-electron chi connectivity index (χ4n) is 4.20. The highest BCUT2D eigenvalue weighted by molar-refractivity contribution is 6.00. The summed E-state index contributed by atoms with van der Waals surface area (Å²) >= 11 is 0. The molecular formula is C23H20N2. The Morgan fingerprint density at radius 2 is 1.88 bits per heavy atom. The molecule has 1 aliphatic carbocycles. The molecule has 0 amide bonds. The van der Waals surface area contributed by atoms with Gasteiger partial charge in [-0.2, -0.15) is 5.26 Å². The minimum Gasteiger partial charge on any atom is -0.312 e. The van der Waals surface area contributed by atoms with Crippen LogP contribution in [0.5, 0.6) is 0 Å². The van der Waals surface area contributed by atoms with Gasteiger partial charge in [0.15, 0.2) is 0 Å². The maximum absolute atomic E-state index is 9.76. The monoisotopic (exact) mass is 324 g/mol.